The van der Waals surface area contributed by atoms with Crippen LogP contribution in [0.3, 0.4) is 0 Å². The molecule has 3 heteroatoms. The summed E-state index contributed by atoms with van der Waals surface area (Å²) in [5, 5.41) is 9.76. The van der Waals surface area contributed by atoms with Gasteiger partial charge in [-0.05, 0) is 30.7 Å². The molecule has 0 radical (unpaired) electrons. The Bertz CT molecular complexity index is 520. The van der Waals surface area contributed by atoms with E-state index in [1.54, 1.807) is 17.4 Å². The third kappa shape index (κ3) is 1.62. The second-order valence-electron chi connectivity index (χ2n) is 4.23. The summed E-state index contributed by atoms with van der Waals surface area (Å²) < 4.78 is 0. The molecule has 1 saturated carbocycles. The molecular weight excluding hydrogens is 218 g/mol. The van der Waals surface area contributed by atoms with E-state index in [0.29, 0.717) is 17.7 Å². The molecule has 3 N–H and O–H groups in total. The van der Waals surface area contributed by atoms with Crippen LogP contribution in [0.5, 0.6) is 5.75 Å². The number of para-hydroxylation sites is 1. The minimum absolute atomic E-state index is 0.343. The largest absolute Gasteiger partial charge is 0.507 e. The van der Waals surface area contributed by atoms with Crippen LogP contribution < -0.4 is 5.73 Å². The van der Waals surface area contributed by atoms with Crippen molar-refractivity contribution in [3.8, 4) is 16.2 Å². The lowest BCUT2D eigenvalue weighted by atomic mass is 10.1. The second-order valence-corrected chi connectivity index (χ2v) is 5.34. The molecule has 2 aromatic rings. The van der Waals surface area contributed by atoms with Crippen LogP contribution in [0.25, 0.3) is 10.4 Å². The predicted octanol–water partition coefficient (Wildman–Crippen LogP) is 2.94. The number of phenolic OH excluding ortho intramolecular Hbond substituents is 1. The van der Waals surface area contributed by atoms with Gasteiger partial charge in [0.05, 0.1) is 0 Å². The van der Waals surface area contributed by atoms with Gasteiger partial charge in [-0.15, -0.1) is 11.3 Å². The van der Waals surface area contributed by atoms with Crippen LogP contribution in [0.4, 0.5) is 0 Å². The molecule has 1 aliphatic carbocycles. The van der Waals surface area contributed by atoms with E-state index < -0.39 is 0 Å². The Morgan fingerprint density at radius 1 is 1.19 bits per heavy atom. The Morgan fingerprint density at radius 2 is 1.94 bits per heavy atom. The number of benzene rings is 1. The maximum Gasteiger partial charge on any atom is 0.124 e. The molecule has 3 rings (SSSR count). The van der Waals surface area contributed by atoms with E-state index in [4.69, 9.17) is 5.73 Å². The fourth-order valence-electron chi connectivity index (χ4n) is 1.92. The summed E-state index contributed by atoms with van der Waals surface area (Å²) in [6.07, 6.45) is 1.10. The van der Waals surface area contributed by atoms with E-state index in [9.17, 15) is 5.11 Å². The van der Waals surface area contributed by atoms with Crippen LogP contribution in [0.15, 0.2) is 36.4 Å². The van der Waals surface area contributed by atoms with Crippen LogP contribution in [0.2, 0.25) is 0 Å². The molecule has 0 amide bonds. The van der Waals surface area contributed by atoms with Gasteiger partial charge in [0, 0.05) is 27.3 Å². The maximum absolute atomic E-state index is 9.76. The van der Waals surface area contributed by atoms with Crippen LogP contribution in [-0.4, -0.2) is 11.1 Å². The average molecular weight is 231 g/mol. The van der Waals surface area contributed by atoms with Gasteiger partial charge in [0.1, 0.15) is 5.75 Å². The van der Waals surface area contributed by atoms with E-state index in [1.807, 2.05) is 18.2 Å². The summed E-state index contributed by atoms with van der Waals surface area (Å²) >= 11 is 1.73. The normalized spacial score (nSPS) is 23.3. The van der Waals surface area contributed by atoms with E-state index in [2.05, 4.69) is 12.1 Å². The molecule has 16 heavy (non-hydrogen) atoms. The van der Waals surface area contributed by atoms with E-state index in [-0.39, 0.29) is 0 Å². The molecule has 1 fully saturated rings. The van der Waals surface area contributed by atoms with Crippen molar-refractivity contribution < 1.29 is 5.11 Å². The summed E-state index contributed by atoms with van der Waals surface area (Å²) in [6.45, 7) is 0. The first-order chi connectivity index (χ1) is 7.75. The van der Waals surface area contributed by atoms with Crippen molar-refractivity contribution in [2.24, 2.45) is 5.73 Å². The lowest BCUT2D eigenvalue weighted by Gasteiger charge is -2.00. The Kier molecular flexibility index (Phi) is 2.23. The molecule has 1 aromatic carbocycles. The molecule has 0 saturated heterocycles. The van der Waals surface area contributed by atoms with Gasteiger partial charge in [0.25, 0.3) is 0 Å². The van der Waals surface area contributed by atoms with Crippen molar-refractivity contribution in [3.63, 3.8) is 0 Å². The summed E-state index contributed by atoms with van der Waals surface area (Å²) in [7, 11) is 0. The van der Waals surface area contributed by atoms with Gasteiger partial charge in [0.2, 0.25) is 0 Å². The molecule has 2 nitrogen and oxygen atoms in total. The van der Waals surface area contributed by atoms with E-state index >= 15 is 0 Å². The number of thiophene rings is 1. The highest BCUT2D eigenvalue weighted by Gasteiger charge is 2.35. The van der Waals surface area contributed by atoms with Crippen LogP contribution >= 0.6 is 11.3 Å². The van der Waals surface area contributed by atoms with Crippen LogP contribution in [0, 0.1) is 0 Å². The van der Waals surface area contributed by atoms with Crippen molar-refractivity contribution in [2.45, 2.75) is 18.4 Å². The zero-order chi connectivity index (χ0) is 11.1. The third-order valence-corrected chi connectivity index (χ3v) is 4.25. The van der Waals surface area contributed by atoms with Crippen molar-refractivity contribution in [3.05, 3.63) is 41.3 Å². The maximum atomic E-state index is 9.76. The smallest absolute Gasteiger partial charge is 0.124 e. The fraction of sp³-hybridized carbons (Fsp3) is 0.231. The standard InChI is InChI=1S/C13H13NOS/c14-10-7-9(10)13-6-5-12(16-13)8-3-1-2-4-11(8)15/h1-6,9-10,15H,7,14H2/t9-,10+/m0/s1. The van der Waals surface area contributed by atoms with Gasteiger partial charge in [-0.3, -0.25) is 0 Å². The Balaban J connectivity index is 1.95. The number of rotatable bonds is 2. The number of phenols is 1. The quantitative estimate of drug-likeness (QED) is 0.834. The fourth-order valence-corrected chi connectivity index (χ4v) is 3.15. The lowest BCUT2D eigenvalue weighted by Crippen LogP contribution is -1.99. The second kappa shape index (κ2) is 3.61. The van der Waals surface area contributed by atoms with Gasteiger partial charge in [-0.1, -0.05) is 12.1 Å². The molecule has 1 aliphatic rings. The van der Waals surface area contributed by atoms with Gasteiger partial charge in [0.15, 0.2) is 0 Å². The van der Waals surface area contributed by atoms with Crippen molar-refractivity contribution in [2.75, 3.05) is 0 Å². The number of nitrogens with two attached hydrogens (primary N) is 1. The molecule has 0 bridgehead atoms. The third-order valence-electron chi connectivity index (χ3n) is 3.00. The zero-order valence-electron chi connectivity index (χ0n) is 8.76. The Labute approximate surface area is 98.4 Å². The molecule has 1 heterocycles. The summed E-state index contributed by atoms with van der Waals surface area (Å²) in [5.74, 6) is 0.889. The van der Waals surface area contributed by atoms with Gasteiger partial charge >= 0.3 is 0 Å². The minimum Gasteiger partial charge on any atom is -0.507 e. The summed E-state index contributed by atoms with van der Waals surface area (Å²) in [5.41, 5.74) is 6.74. The highest BCUT2D eigenvalue weighted by molar-refractivity contribution is 7.15. The first-order valence-electron chi connectivity index (χ1n) is 5.39. The molecule has 82 valence electrons. The van der Waals surface area contributed by atoms with Crippen LogP contribution in [0.1, 0.15) is 17.2 Å². The highest BCUT2D eigenvalue weighted by Crippen LogP contribution is 2.45. The highest BCUT2D eigenvalue weighted by atomic mass is 32.1. The van der Waals surface area contributed by atoms with E-state index in [1.165, 1.54) is 4.88 Å². The molecule has 0 unspecified atom stereocenters. The van der Waals surface area contributed by atoms with Gasteiger partial charge in [-0.2, -0.15) is 0 Å². The number of aromatic hydroxyl groups is 1. The zero-order valence-corrected chi connectivity index (χ0v) is 9.58. The molecule has 0 spiro atoms. The van der Waals surface area contributed by atoms with Gasteiger partial charge in [-0.25, -0.2) is 0 Å². The average Bonchev–Trinajstić information content (AvgIpc) is 2.82. The van der Waals surface area contributed by atoms with Gasteiger partial charge < -0.3 is 10.8 Å². The van der Waals surface area contributed by atoms with Crippen molar-refractivity contribution >= 4 is 11.3 Å². The summed E-state index contributed by atoms with van der Waals surface area (Å²) in [6, 6.07) is 12.0. The van der Waals surface area contributed by atoms with E-state index in [0.717, 1.165) is 16.9 Å². The summed E-state index contributed by atoms with van der Waals surface area (Å²) in [4.78, 5) is 2.46. The lowest BCUT2D eigenvalue weighted by molar-refractivity contribution is 0.477. The molecular formula is C13H13NOS. The predicted molar refractivity (Wildman–Crippen MR) is 66.8 cm³/mol. The van der Waals surface area contributed by atoms with Crippen molar-refractivity contribution in [1.82, 2.24) is 0 Å². The first-order valence-corrected chi connectivity index (χ1v) is 6.21. The SMILES string of the molecule is N[C@@H]1C[C@@H]1c1ccc(-c2ccccc2O)s1. The van der Waals surface area contributed by atoms with Crippen molar-refractivity contribution in [1.29, 1.82) is 0 Å². The minimum atomic E-state index is 0.343. The number of hydrogen-bond acceptors (Lipinski definition) is 3. The van der Waals surface area contributed by atoms with Crippen LogP contribution in [-0.2, 0) is 0 Å². The first kappa shape index (κ1) is 9.87. The monoisotopic (exact) mass is 231 g/mol. The molecule has 1 aromatic heterocycles. The number of hydrogen-bond donors (Lipinski definition) is 2. The Hall–Kier alpha value is -1.32. The Morgan fingerprint density at radius 3 is 2.62 bits per heavy atom. The topological polar surface area (TPSA) is 46.2 Å². The molecule has 2 atom stereocenters. The molecule has 0 aliphatic heterocycles.